The lowest BCUT2D eigenvalue weighted by Gasteiger charge is -2.17. The van der Waals surface area contributed by atoms with Gasteiger partial charge >= 0.3 is 12.1 Å². The number of carbonyl (C=O) groups excluding carboxylic acids is 6. The number of ether oxygens (including phenoxy) is 1. The third kappa shape index (κ3) is 10.3. The van der Waals surface area contributed by atoms with Crippen molar-refractivity contribution in [1.29, 1.82) is 0 Å². The number of alkyl carbamates (subject to hydrolysis) is 1. The van der Waals surface area contributed by atoms with Crippen molar-refractivity contribution in [2.45, 2.75) is 45.3 Å². The van der Waals surface area contributed by atoms with Gasteiger partial charge in [-0.15, -0.1) is 0 Å². The molecule has 1 aromatic rings. The molecule has 0 saturated carbocycles. The fraction of sp³-hybridized carbons (Fsp3) is 0.400. The van der Waals surface area contributed by atoms with E-state index in [-0.39, 0.29) is 13.0 Å². The number of unbranched alkanes of at least 4 members (excludes halogenated alkanes) is 1. The van der Waals surface area contributed by atoms with Crippen molar-refractivity contribution in [2.24, 2.45) is 0 Å². The maximum absolute atomic E-state index is 12.6. The van der Waals surface area contributed by atoms with Crippen LogP contribution in [-0.2, 0) is 46.5 Å². The average molecular weight is 546 g/mol. The van der Waals surface area contributed by atoms with Crippen LogP contribution < -0.4 is 21.3 Å². The van der Waals surface area contributed by atoms with Crippen molar-refractivity contribution in [3.8, 4) is 0 Å². The van der Waals surface area contributed by atoms with E-state index in [2.05, 4.69) is 21.3 Å². The number of imide groups is 1. The number of carboxylic acid groups (broad SMARTS) is 1. The zero-order valence-electron chi connectivity index (χ0n) is 21.6. The first kappa shape index (κ1) is 30.5. The van der Waals surface area contributed by atoms with Crippen molar-refractivity contribution in [1.82, 2.24) is 20.9 Å². The van der Waals surface area contributed by atoms with E-state index in [1.807, 2.05) is 0 Å². The van der Waals surface area contributed by atoms with Crippen LogP contribution in [0.5, 0.6) is 0 Å². The molecule has 2 rings (SSSR count). The molecule has 1 heterocycles. The molecule has 0 aromatic heterocycles. The number of hydrogen-bond donors (Lipinski definition) is 5. The van der Waals surface area contributed by atoms with Crippen molar-refractivity contribution < 1.29 is 43.4 Å². The van der Waals surface area contributed by atoms with Gasteiger partial charge in [0.2, 0.25) is 17.7 Å². The first-order valence-electron chi connectivity index (χ1n) is 12.1. The average Bonchev–Trinajstić information content (AvgIpc) is 3.21. The number of nitrogens with zero attached hydrogens (tertiary/aromatic N) is 1. The molecule has 1 unspecified atom stereocenters. The molecule has 1 aliphatic rings. The van der Waals surface area contributed by atoms with Crippen molar-refractivity contribution in [3.05, 3.63) is 41.5 Å². The van der Waals surface area contributed by atoms with Gasteiger partial charge in [-0.25, -0.2) is 4.79 Å². The van der Waals surface area contributed by atoms with Gasteiger partial charge in [-0.3, -0.25) is 33.7 Å². The molecule has 1 aromatic carbocycles. The quantitative estimate of drug-likeness (QED) is 0.155. The Hall–Kier alpha value is -4.75. The SMILES string of the molecule is CNC(=O)OCc1ccc(NC(=O)C(C)NC(=O)CNC(=O)CN2C(=O)C=CC2=O)cc1CCCCC(=O)O. The third-order valence-electron chi connectivity index (χ3n) is 5.54. The first-order valence-corrected chi connectivity index (χ1v) is 12.1. The molecule has 5 N–H and O–H groups in total. The fourth-order valence-corrected chi connectivity index (χ4v) is 3.46. The van der Waals surface area contributed by atoms with E-state index in [0.29, 0.717) is 30.5 Å². The Morgan fingerprint density at radius 1 is 1.00 bits per heavy atom. The molecule has 1 atom stereocenters. The summed E-state index contributed by atoms with van der Waals surface area (Å²) in [6.45, 7) is 0.426. The van der Waals surface area contributed by atoms with Gasteiger partial charge in [-0.2, -0.15) is 0 Å². The molecular weight excluding hydrogens is 514 g/mol. The molecule has 0 bridgehead atoms. The summed E-state index contributed by atoms with van der Waals surface area (Å²) in [6.07, 6.45) is 2.98. The number of aliphatic carboxylic acids is 1. The highest BCUT2D eigenvalue weighted by Crippen LogP contribution is 2.20. The summed E-state index contributed by atoms with van der Waals surface area (Å²) in [5.74, 6) is -4.07. The van der Waals surface area contributed by atoms with Gasteiger partial charge in [0, 0.05) is 31.3 Å². The molecule has 6 amide bonds. The number of rotatable bonds is 14. The number of benzene rings is 1. The second kappa shape index (κ2) is 14.9. The molecule has 0 fully saturated rings. The predicted molar refractivity (Wildman–Crippen MR) is 136 cm³/mol. The van der Waals surface area contributed by atoms with Crippen LogP contribution in [0.1, 0.15) is 37.3 Å². The Balaban J connectivity index is 1.90. The van der Waals surface area contributed by atoms with E-state index >= 15 is 0 Å². The Morgan fingerprint density at radius 3 is 2.33 bits per heavy atom. The molecule has 0 spiro atoms. The first-order chi connectivity index (χ1) is 18.5. The van der Waals surface area contributed by atoms with Crippen LogP contribution in [0.3, 0.4) is 0 Å². The van der Waals surface area contributed by atoms with Crippen molar-refractivity contribution >= 4 is 47.3 Å². The molecule has 1 aliphatic heterocycles. The topological polar surface area (TPSA) is 200 Å². The molecule has 14 nitrogen and oxygen atoms in total. The lowest BCUT2D eigenvalue weighted by molar-refractivity contribution is -0.141. The predicted octanol–water partition coefficient (Wildman–Crippen LogP) is -0.176. The van der Waals surface area contributed by atoms with E-state index in [4.69, 9.17) is 9.84 Å². The van der Waals surface area contributed by atoms with E-state index in [9.17, 15) is 33.6 Å². The standard InChI is InChI=1S/C25H31N5O9/c1-15(28-19(31)12-27-20(32)13-30-21(33)9-10-22(30)34)24(37)29-18-8-7-17(14-39-25(38)26-2)16(11-18)5-3-4-6-23(35)36/h7-11,15H,3-6,12-14H2,1-2H3,(H,26,38)(H,27,32)(H,28,31)(H,29,37)(H,35,36). The molecule has 210 valence electrons. The minimum absolute atomic E-state index is 0.0169. The molecular formula is C25H31N5O9. The van der Waals surface area contributed by atoms with Gasteiger partial charge in [0.15, 0.2) is 0 Å². The summed E-state index contributed by atoms with van der Waals surface area (Å²) >= 11 is 0. The smallest absolute Gasteiger partial charge is 0.407 e. The van der Waals surface area contributed by atoms with E-state index in [0.717, 1.165) is 22.6 Å². The minimum atomic E-state index is -0.976. The van der Waals surface area contributed by atoms with Crippen LogP contribution in [0.2, 0.25) is 0 Å². The maximum atomic E-state index is 12.6. The summed E-state index contributed by atoms with van der Waals surface area (Å²) in [5, 5.41) is 18.6. The van der Waals surface area contributed by atoms with Gasteiger partial charge in [-0.05, 0) is 49.4 Å². The number of nitrogens with one attached hydrogen (secondary N) is 4. The Bertz CT molecular complexity index is 1150. The molecule has 0 radical (unpaired) electrons. The number of hydrogen-bond acceptors (Lipinski definition) is 8. The normalized spacial score (nSPS) is 13.0. The van der Waals surface area contributed by atoms with Gasteiger partial charge in [-0.1, -0.05) is 6.07 Å². The Labute approximate surface area is 224 Å². The van der Waals surface area contributed by atoms with Crippen LogP contribution in [0.25, 0.3) is 0 Å². The lowest BCUT2D eigenvalue weighted by Crippen LogP contribution is -2.47. The number of carbonyl (C=O) groups is 7. The van der Waals surface area contributed by atoms with Gasteiger partial charge in [0.1, 0.15) is 19.2 Å². The second-order valence-corrected chi connectivity index (χ2v) is 8.56. The van der Waals surface area contributed by atoms with Gasteiger partial charge in [0.05, 0.1) is 6.54 Å². The Kier molecular flexibility index (Phi) is 11.6. The highest BCUT2D eigenvalue weighted by atomic mass is 16.5. The number of carboxylic acids is 1. The molecule has 0 aliphatic carbocycles. The summed E-state index contributed by atoms with van der Waals surface area (Å²) in [4.78, 5) is 82.7. The second-order valence-electron chi connectivity index (χ2n) is 8.56. The van der Waals surface area contributed by atoms with E-state index in [1.165, 1.54) is 14.0 Å². The summed E-state index contributed by atoms with van der Waals surface area (Å²) < 4.78 is 5.10. The van der Waals surface area contributed by atoms with E-state index in [1.54, 1.807) is 18.2 Å². The number of amides is 6. The fourth-order valence-electron chi connectivity index (χ4n) is 3.46. The van der Waals surface area contributed by atoms with Crippen molar-refractivity contribution in [3.63, 3.8) is 0 Å². The number of aryl methyl sites for hydroxylation is 1. The summed E-state index contributed by atoms with van der Waals surface area (Å²) in [7, 11) is 1.43. The lowest BCUT2D eigenvalue weighted by atomic mass is 10.0. The van der Waals surface area contributed by atoms with Crippen LogP contribution in [0, 0.1) is 0 Å². The zero-order chi connectivity index (χ0) is 28.9. The van der Waals surface area contributed by atoms with Gasteiger partial charge in [0.25, 0.3) is 11.8 Å². The largest absolute Gasteiger partial charge is 0.481 e. The summed E-state index contributed by atoms with van der Waals surface area (Å²) in [5.41, 5.74) is 1.86. The van der Waals surface area contributed by atoms with Crippen LogP contribution in [0.4, 0.5) is 10.5 Å². The minimum Gasteiger partial charge on any atom is -0.481 e. The Morgan fingerprint density at radius 2 is 1.69 bits per heavy atom. The van der Waals surface area contributed by atoms with Crippen LogP contribution >= 0.6 is 0 Å². The highest BCUT2D eigenvalue weighted by Gasteiger charge is 2.26. The monoisotopic (exact) mass is 545 g/mol. The third-order valence-corrected chi connectivity index (χ3v) is 5.54. The molecule has 14 heteroatoms. The molecule has 0 saturated heterocycles. The van der Waals surface area contributed by atoms with Crippen molar-refractivity contribution in [2.75, 3.05) is 25.5 Å². The molecule has 39 heavy (non-hydrogen) atoms. The van der Waals surface area contributed by atoms with E-state index < -0.39 is 60.7 Å². The summed E-state index contributed by atoms with van der Waals surface area (Å²) in [6, 6.07) is 3.99. The number of anilines is 1. The highest BCUT2D eigenvalue weighted by molar-refractivity contribution is 6.14. The van der Waals surface area contributed by atoms with Crippen LogP contribution in [0.15, 0.2) is 30.4 Å². The maximum Gasteiger partial charge on any atom is 0.407 e. The van der Waals surface area contributed by atoms with Crippen LogP contribution in [-0.4, -0.2) is 77.8 Å². The van der Waals surface area contributed by atoms with Gasteiger partial charge < -0.3 is 31.1 Å². The zero-order valence-corrected chi connectivity index (χ0v) is 21.6.